The van der Waals surface area contributed by atoms with Crippen molar-refractivity contribution >= 4 is 11.4 Å². The van der Waals surface area contributed by atoms with E-state index < -0.39 is 5.60 Å². The Morgan fingerprint density at radius 1 is 1.47 bits per heavy atom. The van der Waals surface area contributed by atoms with Gasteiger partial charge in [0.25, 0.3) is 0 Å². The molecule has 0 fully saturated rings. The third-order valence-electron chi connectivity index (χ3n) is 2.78. The van der Waals surface area contributed by atoms with Crippen LogP contribution in [0.2, 0.25) is 0 Å². The van der Waals surface area contributed by atoms with Crippen molar-refractivity contribution in [3.05, 3.63) is 18.5 Å². The summed E-state index contributed by atoms with van der Waals surface area (Å²) in [5.74, 6) is 0. The Labute approximate surface area is 90.5 Å². The fraction of sp³-hybridized carbons (Fsp3) is 0.545. The van der Waals surface area contributed by atoms with E-state index in [0.29, 0.717) is 12.2 Å². The van der Waals surface area contributed by atoms with E-state index in [1.54, 1.807) is 18.5 Å². The van der Waals surface area contributed by atoms with Crippen molar-refractivity contribution in [3.63, 3.8) is 0 Å². The summed E-state index contributed by atoms with van der Waals surface area (Å²) in [4.78, 5) is 3.90. The summed E-state index contributed by atoms with van der Waals surface area (Å²) in [6.45, 7) is 4.45. The van der Waals surface area contributed by atoms with Crippen LogP contribution in [0.3, 0.4) is 0 Å². The van der Waals surface area contributed by atoms with Gasteiger partial charge in [0.05, 0.1) is 23.2 Å². The Hall–Kier alpha value is -1.29. The lowest BCUT2D eigenvalue weighted by Crippen LogP contribution is -2.35. The number of aliphatic hydroxyl groups is 1. The van der Waals surface area contributed by atoms with Crippen LogP contribution in [-0.4, -0.2) is 22.2 Å². The van der Waals surface area contributed by atoms with Crippen LogP contribution >= 0.6 is 0 Å². The van der Waals surface area contributed by atoms with Gasteiger partial charge in [0.2, 0.25) is 0 Å². The largest absolute Gasteiger partial charge is 0.396 e. The molecule has 0 spiro atoms. The van der Waals surface area contributed by atoms with Crippen LogP contribution in [0.25, 0.3) is 0 Å². The van der Waals surface area contributed by atoms with Crippen molar-refractivity contribution in [1.29, 1.82) is 0 Å². The van der Waals surface area contributed by atoms with Crippen LogP contribution < -0.4 is 11.1 Å². The number of pyridine rings is 1. The molecule has 4 N–H and O–H groups in total. The quantitative estimate of drug-likeness (QED) is 0.689. The maximum Gasteiger partial charge on any atom is 0.0814 e. The zero-order chi connectivity index (χ0) is 11.3. The normalized spacial score (nSPS) is 11.4. The fourth-order valence-corrected chi connectivity index (χ4v) is 1.33. The van der Waals surface area contributed by atoms with Gasteiger partial charge in [-0.2, -0.15) is 0 Å². The number of aromatic nitrogens is 1. The summed E-state index contributed by atoms with van der Waals surface area (Å²) in [6, 6.07) is 1.81. The molecule has 1 aromatic heterocycles. The average Bonchev–Trinajstić information content (AvgIpc) is 2.28. The Balaban J connectivity index is 2.61. The summed E-state index contributed by atoms with van der Waals surface area (Å²) in [6.07, 6.45) is 4.72. The van der Waals surface area contributed by atoms with Gasteiger partial charge in [0.1, 0.15) is 0 Å². The first-order valence-electron chi connectivity index (χ1n) is 5.27. The lowest BCUT2D eigenvalue weighted by molar-refractivity contribution is 0.0457. The van der Waals surface area contributed by atoms with Crippen molar-refractivity contribution in [2.45, 2.75) is 32.3 Å². The average molecular weight is 209 g/mol. The Morgan fingerprint density at radius 3 is 2.67 bits per heavy atom. The van der Waals surface area contributed by atoms with E-state index in [1.165, 1.54) is 0 Å². The molecule has 0 aliphatic carbocycles. The monoisotopic (exact) mass is 209 g/mol. The third kappa shape index (κ3) is 3.09. The lowest BCUT2D eigenvalue weighted by Gasteiger charge is -2.26. The Bertz CT molecular complexity index is 310. The van der Waals surface area contributed by atoms with Crippen molar-refractivity contribution in [2.24, 2.45) is 0 Å². The highest BCUT2D eigenvalue weighted by Crippen LogP contribution is 2.19. The molecule has 0 unspecified atom stereocenters. The van der Waals surface area contributed by atoms with Gasteiger partial charge >= 0.3 is 0 Å². The summed E-state index contributed by atoms with van der Waals surface area (Å²) in [5, 5.41) is 13.2. The molecule has 0 radical (unpaired) electrons. The van der Waals surface area contributed by atoms with Gasteiger partial charge < -0.3 is 16.2 Å². The van der Waals surface area contributed by atoms with E-state index in [9.17, 15) is 5.11 Å². The molecule has 0 aromatic carbocycles. The summed E-state index contributed by atoms with van der Waals surface area (Å²) < 4.78 is 0. The number of rotatable bonds is 5. The van der Waals surface area contributed by atoms with Gasteiger partial charge in [-0.15, -0.1) is 0 Å². The second-order valence-corrected chi connectivity index (χ2v) is 3.75. The Kier molecular flexibility index (Phi) is 3.91. The lowest BCUT2D eigenvalue weighted by atomic mass is 9.97. The minimum Gasteiger partial charge on any atom is -0.396 e. The minimum atomic E-state index is -0.657. The summed E-state index contributed by atoms with van der Waals surface area (Å²) in [5.41, 5.74) is 6.50. The molecule has 15 heavy (non-hydrogen) atoms. The van der Waals surface area contributed by atoms with E-state index in [0.717, 1.165) is 18.5 Å². The molecule has 0 bridgehead atoms. The van der Waals surface area contributed by atoms with Gasteiger partial charge in [-0.25, -0.2) is 0 Å². The second-order valence-electron chi connectivity index (χ2n) is 3.75. The van der Waals surface area contributed by atoms with Crippen LogP contribution in [0.4, 0.5) is 11.4 Å². The van der Waals surface area contributed by atoms with E-state index in [4.69, 9.17) is 5.73 Å². The van der Waals surface area contributed by atoms with E-state index in [1.807, 2.05) is 13.8 Å². The maximum atomic E-state index is 10.1. The van der Waals surface area contributed by atoms with E-state index in [2.05, 4.69) is 10.3 Å². The van der Waals surface area contributed by atoms with Gasteiger partial charge in [-0.1, -0.05) is 13.8 Å². The van der Waals surface area contributed by atoms with Gasteiger partial charge in [0.15, 0.2) is 0 Å². The topological polar surface area (TPSA) is 71.2 Å². The molecule has 84 valence electrons. The minimum absolute atomic E-state index is 0.508. The third-order valence-corrected chi connectivity index (χ3v) is 2.78. The number of hydrogen-bond donors (Lipinski definition) is 3. The summed E-state index contributed by atoms with van der Waals surface area (Å²) >= 11 is 0. The zero-order valence-corrected chi connectivity index (χ0v) is 9.33. The molecule has 0 saturated heterocycles. The predicted octanol–water partition coefficient (Wildman–Crippen LogP) is 1.63. The standard InChI is InChI=1S/C11H19N3O/c1-3-11(15,4-2)8-14-10-5-6-13-7-9(10)12/h5-7,15H,3-4,8,12H2,1-2H3,(H,13,14). The Morgan fingerprint density at radius 2 is 2.13 bits per heavy atom. The molecule has 0 amide bonds. The van der Waals surface area contributed by atoms with E-state index in [-0.39, 0.29) is 0 Å². The smallest absolute Gasteiger partial charge is 0.0814 e. The van der Waals surface area contributed by atoms with Crippen molar-refractivity contribution in [3.8, 4) is 0 Å². The van der Waals surface area contributed by atoms with Crippen LogP contribution in [-0.2, 0) is 0 Å². The fourth-order valence-electron chi connectivity index (χ4n) is 1.33. The predicted molar refractivity (Wildman–Crippen MR) is 62.7 cm³/mol. The van der Waals surface area contributed by atoms with Crippen LogP contribution in [0.1, 0.15) is 26.7 Å². The number of hydrogen-bond acceptors (Lipinski definition) is 4. The first-order chi connectivity index (χ1) is 7.11. The van der Waals surface area contributed by atoms with Crippen LogP contribution in [0, 0.1) is 0 Å². The molecule has 4 nitrogen and oxygen atoms in total. The van der Waals surface area contributed by atoms with Crippen LogP contribution in [0.15, 0.2) is 18.5 Å². The molecule has 1 rings (SSSR count). The number of nitrogen functional groups attached to an aromatic ring is 1. The van der Waals surface area contributed by atoms with Gasteiger partial charge in [-0.05, 0) is 18.9 Å². The number of nitrogens with one attached hydrogen (secondary N) is 1. The molecule has 0 aliphatic rings. The maximum absolute atomic E-state index is 10.1. The summed E-state index contributed by atoms with van der Waals surface area (Å²) in [7, 11) is 0. The number of nitrogens with zero attached hydrogens (tertiary/aromatic N) is 1. The second kappa shape index (κ2) is 4.98. The van der Waals surface area contributed by atoms with Crippen molar-refractivity contribution in [2.75, 3.05) is 17.6 Å². The number of anilines is 2. The molecule has 0 aliphatic heterocycles. The van der Waals surface area contributed by atoms with Crippen molar-refractivity contribution < 1.29 is 5.11 Å². The van der Waals surface area contributed by atoms with Gasteiger partial charge in [-0.3, -0.25) is 4.98 Å². The van der Waals surface area contributed by atoms with Crippen molar-refractivity contribution in [1.82, 2.24) is 4.98 Å². The molecule has 0 atom stereocenters. The molecule has 1 aromatic rings. The highest BCUT2D eigenvalue weighted by Gasteiger charge is 2.21. The first-order valence-corrected chi connectivity index (χ1v) is 5.27. The van der Waals surface area contributed by atoms with E-state index >= 15 is 0 Å². The first kappa shape index (κ1) is 11.8. The zero-order valence-electron chi connectivity index (χ0n) is 9.33. The molecule has 1 heterocycles. The molecular formula is C11H19N3O. The van der Waals surface area contributed by atoms with Gasteiger partial charge in [0, 0.05) is 12.7 Å². The molecule has 4 heteroatoms. The van der Waals surface area contributed by atoms with Crippen LogP contribution in [0.5, 0.6) is 0 Å². The highest BCUT2D eigenvalue weighted by molar-refractivity contribution is 5.64. The molecular weight excluding hydrogens is 190 g/mol. The molecule has 0 saturated carbocycles. The highest BCUT2D eigenvalue weighted by atomic mass is 16.3. The SMILES string of the molecule is CCC(O)(CC)CNc1ccncc1N. The number of nitrogens with two attached hydrogens (primary N) is 1.